The van der Waals surface area contributed by atoms with Crippen LogP contribution >= 0.6 is 24.6 Å². The number of halogens is 1. The highest BCUT2D eigenvalue weighted by atomic mass is 35.5. The molecule has 1 N–H and O–H groups in total. The Morgan fingerprint density at radius 3 is 2.65 bits per heavy atom. The normalized spacial score (nSPS) is 12.2. The number of benzene rings is 1. The molecule has 0 unspecified atom stereocenters. The van der Waals surface area contributed by atoms with Crippen LogP contribution < -0.4 is 15.0 Å². The number of aromatic nitrogens is 3. The third-order valence-corrected chi connectivity index (χ3v) is 3.89. The van der Waals surface area contributed by atoms with Crippen molar-refractivity contribution in [1.82, 2.24) is 14.5 Å². The van der Waals surface area contributed by atoms with Crippen LogP contribution in [0.3, 0.4) is 0 Å². The van der Waals surface area contributed by atoms with Crippen molar-refractivity contribution in [3.8, 4) is 11.5 Å². The van der Waals surface area contributed by atoms with Gasteiger partial charge in [-0.15, -0.1) is 12.4 Å². The molecular formula is C15H12ClN3O3S. The van der Waals surface area contributed by atoms with Crippen LogP contribution in [0.15, 0.2) is 41.5 Å². The van der Waals surface area contributed by atoms with Crippen LogP contribution in [0.5, 0.6) is 11.5 Å². The van der Waals surface area contributed by atoms with E-state index in [1.807, 2.05) is 12.1 Å². The van der Waals surface area contributed by atoms with Gasteiger partial charge in [0.1, 0.15) is 0 Å². The number of nitrogens with one attached hydrogen (secondary N) is 1. The maximum absolute atomic E-state index is 12.7. The first kappa shape index (κ1) is 15.5. The highest BCUT2D eigenvalue weighted by Gasteiger charge is 2.17. The van der Waals surface area contributed by atoms with Gasteiger partial charge >= 0.3 is 0 Å². The zero-order valence-corrected chi connectivity index (χ0v) is 13.4. The Balaban J connectivity index is 0.00000156. The van der Waals surface area contributed by atoms with Gasteiger partial charge < -0.3 is 14.5 Å². The highest BCUT2D eigenvalue weighted by molar-refractivity contribution is 7.71. The zero-order chi connectivity index (χ0) is 15.1. The number of hydrogen-bond donors (Lipinski definition) is 1. The SMILES string of the molecule is Cl.O=c1c2cc3c(cc2[nH]c(=S)n1Cc1ccncc1)OCO3. The molecule has 1 aromatic carbocycles. The van der Waals surface area contributed by atoms with Gasteiger partial charge in [-0.2, -0.15) is 0 Å². The standard InChI is InChI=1S/C15H11N3O3S.ClH/c19-14-10-5-12-13(21-8-20-12)6-11(10)17-15(22)18(14)7-9-1-3-16-4-2-9;/h1-6H,7-8H2,(H,17,22);1H. The van der Waals surface area contributed by atoms with Gasteiger partial charge in [0, 0.05) is 18.5 Å². The lowest BCUT2D eigenvalue weighted by molar-refractivity contribution is 0.174. The topological polar surface area (TPSA) is 69.1 Å². The third-order valence-electron chi connectivity index (χ3n) is 3.57. The van der Waals surface area contributed by atoms with Crippen LogP contribution in [0.4, 0.5) is 0 Å². The van der Waals surface area contributed by atoms with Gasteiger partial charge in [-0.3, -0.25) is 14.3 Å². The smallest absolute Gasteiger partial charge is 0.262 e. The van der Waals surface area contributed by atoms with E-state index in [4.69, 9.17) is 21.7 Å². The molecule has 1 aliphatic rings. The van der Waals surface area contributed by atoms with Gasteiger partial charge in [-0.05, 0) is 36.0 Å². The lowest BCUT2D eigenvalue weighted by Gasteiger charge is -2.08. The molecule has 118 valence electrons. The minimum Gasteiger partial charge on any atom is -0.454 e. The van der Waals surface area contributed by atoms with E-state index < -0.39 is 0 Å². The van der Waals surface area contributed by atoms with Crippen molar-refractivity contribution in [2.75, 3.05) is 6.79 Å². The number of ether oxygens (including phenoxy) is 2. The fraction of sp³-hybridized carbons (Fsp3) is 0.133. The lowest BCUT2D eigenvalue weighted by Crippen LogP contribution is -2.22. The van der Waals surface area contributed by atoms with E-state index in [1.165, 1.54) is 4.57 Å². The van der Waals surface area contributed by atoms with Crippen LogP contribution in [0, 0.1) is 4.77 Å². The number of rotatable bonds is 2. The molecule has 0 bridgehead atoms. The molecule has 0 amide bonds. The molecule has 4 rings (SSSR count). The van der Waals surface area contributed by atoms with Gasteiger partial charge in [-0.25, -0.2) is 0 Å². The van der Waals surface area contributed by atoms with Gasteiger partial charge in [-0.1, -0.05) is 0 Å². The monoisotopic (exact) mass is 349 g/mol. The molecule has 0 saturated carbocycles. The highest BCUT2D eigenvalue weighted by Crippen LogP contribution is 2.34. The molecule has 0 aliphatic carbocycles. The summed E-state index contributed by atoms with van der Waals surface area (Å²) in [6, 6.07) is 7.13. The molecule has 3 heterocycles. The quantitative estimate of drug-likeness (QED) is 0.720. The second kappa shape index (κ2) is 6.02. The van der Waals surface area contributed by atoms with Crippen LogP contribution in [-0.2, 0) is 6.54 Å². The fourth-order valence-corrected chi connectivity index (χ4v) is 2.71. The molecule has 6 nitrogen and oxygen atoms in total. The van der Waals surface area contributed by atoms with Crippen molar-refractivity contribution in [3.63, 3.8) is 0 Å². The molecule has 0 saturated heterocycles. The van der Waals surface area contributed by atoms with E-state index in [9.17, 15) is 4.79 Å². The average molecular weight is 350 g/mol. The molecule has 0 atom stereocenters. The molecule has 2 aromatic heterocycles. The summed E-state index contributed by atoms with van der Waals surface area (Å²) >= 11 is 5.31. The maximum atomic E-state index is 12.7. The molecular weight excluding hydrogens is 338 g/mol. The average Bonchev–Trinajstić information content (AvgIpc) is 2.98. The predicted octanol–water partition coefficient (Wildman–Crippen LogP) is 2.65. The second-order valence-electron chi connectivity index (χ2n) is 4.93. The number of H-pyrrole nitrogens is 1. The number of pyridine rings is 1. The molecule has 3 aromatic rings. The number of fused-ring (bicyclic) bond motifs is 2. The summed E-state index contributed by atoms with van der Waals surface area (Å²) in [5.74, 6) is 1.19. The van der Waals surface area contributed by atoms with E-state index in [0.29, 0.717) is 33.7 Å². The maximum Gasteiger partial charge on any atom is 0.262 e. The number of aromatic amines is 1. The van der Waals surface area contributed by atoms with Crippen LogP contribution in [0.25, 0.3) is 10.9 Å². The van der Waals surface area contributed by atoms with Crippen LogP contribution in [0.1, 0.15) is 5.56 Å². The lowest BCUT2D eigenvalue weighted by atomic mass is 10.2. The number of nitrogens with zero attached hydrogens (tertiary/aromatic N) is 2. The molecule has 0 fully saturated rings. The van der Waals surface area contributed by atoms with E-state index in [2.05, 4.69) is 9.97 Å². The van der Waals surface area contributed by atoms with Crippen molar-refractivity contribution in [2.45, 2.75) is 6.54 Å². The van der Waals surface area contributed by atoms with Crippen molar-refractivity contribution >= 4 is 35.5 Å². The molecule has 1 aliphatic heterocycles. The summed E-state index contributed by atoms with van der Waals surface area (Å²) in [6.45, 7) is 0.554. The fourth-order valence-electron chi connectivity index (χ4n) is 2.46. The van der Waals surface area contributed by atoms with Gasteiger partial charge in [0.2, 0.25) is 6.79 Å². The Labute approximate surface area is 142 Å². The summed E-state index contributed by atoms with van der Waals surface area (Å²) in [5.41, 5.74) is 1.44. The Kier molecular flexibility index (Phi) is 4.06. The minimum absolute atomic E-state index is 0. The van der Waals surface area contributed by atoms with E-state index in [-0.39, 0.29) is 24.8 Å². The first-order chi connectivity index (χ1) is 10.7. The summed E-state index contributed by atoms with van der Waals surface area (Å²) in [6.07, 6.45) is 3.37. The summed E-state index contributed by atoms with van der Waals surface area (Å²) in [7, 11) is 0. The summed E-state index contributed by atoms with van der Waals surface area (Å²) in [4.78, 5) is 19.8. The van der Waals surface area contributed by atoms with Crippen molar-refractivity contribution in [1.29, 1.82) is 0 Å². The molecule has 23 heavy (non-hydrogen) atoms. The van der Waals surface area contributed by atoms with Gasteiger partial charge in [0.05, 0.1) is 17.4 Å². The van der Waals surface area contributed by atoms with Crippen LogP contribution in [-0.4, -0.2) is 21.3 Å². The summed E-state index contributed by atoms with van der Waals surface area (Å²) < 4.78 is 12.5. The molecule has 0 radical (unpaired) electrons. The largest absolute Gasteiger partial charge is 0.454 e. The third kappa shape index (κ3) is 2.69. The van der Waals surface area contributed by atoms with E-state index in [0.717, 1.165) is 5.56 Å². The first-order valence-corrected chi connectivity index (χ1v) is 7.08. The molecule has 8 heteroatoms. The van der Waals surface area contributed by atoms with Crippen molar-refractivity contribution < 1.29 is 9.47 Å². The first-order valence-electron chi connectivity index (χ1n) is 6.68. The zero-order valence-electron chi connectivity index (χ0n) is 11.8. The Morgan fingerprint density at radius 1 is 1.22 bits per heavy atom. The Hall–Kier alpha value is -2.38. The predicted molar refractivity (Wildman–Crippen MR) is 90.1 cm³/mol. The van der Waals surface area contributed by atoms with E-state index in [1.54, 1.807) is 24.5 Å². The van der Waals surface area contributed by atoms with Gasteiger partial charge in [0.15, 0.2) is 16.3 Å². The Morgan fingerprint density at radius 2 is 1.91 bits per heavy atom. The van der Waals surface area contributed by atoms with Gasteiger partial charge in [0.25, 0.3) is 5.56 Å². The number of hydrogen-bond acceptors (Lipinski definition) is 5. The van der Waals surface area contributed by atoms with Crippen molar-refractivity contribution in [2.24, 2.45) is 0 Å². The summed E-state index contributed by atoms with van der Waals surface area (Å²) in [5, 5.41) is 0.520. The van der Waals surface area contributed by atoms with E-state index >= 15 is 0 Å². The van der Waals surface area contributed by atoms with Crippen molar-refractivity contribution in [3.05, 3.63) is 57.3 Å². The minimum atomic E-state index is -0.158. The van der Waals surface area contributed by atoms with Crippen LogP contribution in [0.2, 0.25) is 0 Å². The molecule has 0 spiro atoms. The second-order valence-corrected chi connectivity index (χ2v) is 5.31. The Bertz CT molecular complexity index is 985.